The van der Waals surface area contributed by atoms with E-state index in [-0.39, 0.29) is 18.6 Å². The summed E-state index contributed by atoms with van der Waals surface area (Å²) in [6, 6.07) is 3.77. The number of aliphatic hydroxyl groups is 1. The van der Waals surface area contributed by atoms with Crippen molar-refractivity contribution < 1.29 is 9.90 Å². The highest BCUT2D eigenvalue weighted by molar-refractivity contribution is 7.14. The van der Waals surface area contributed by atoms with Crippen molar-refractivity contribution in [2.45, 2.75) is 39.7 Å². The molecule has 0 aliphatic carbocycles. The summed E-state index contributed by atoms with van der Waals surface area (Å²) in [5.41, 5.74) is 0. The van der Waals surface area contributed by atoms with E-state index in [9.17, 15) is 4.79 Å². The van der Waals surface area contributed by atoms with Crippen molar-refractivity contribution in [2.24, 2.45) is 5.92 Å². The molecule has 0 spiro atoms. The Morgan fingerprint density at radius 1 is 1.42 bits per heavy atom. The summed E-state index contributed by atoms with van der Waals surface area (Å²) in [6.45, 7) is 6.18. The van der Waals surface area contributed by atoms with Gasteiger partial charge in [-0.2, -0.15) is 0 Å². The molecule has 0 saturated carbocycles. The van der Waals surface area contributed by atoms with Gasteiger partial charge in [-0.3, -0.25) is 4.79 Å². The highest BCUT2D eigenvalue weighted by atomic mass is 32.1. The number of amides is 1. The first-order valence-electron chi connectivity index (χ1n) is 6.62. The van der Waals surface area contributed by atoms with Crippen molar-refractivity contribution in [1.82, 2.24) is 5.32 Å². The summed E-state index contributed by atoms with van der Waals surface area (Å²) in [6.07, 6.45) is 2.13. The molecule has 1 amide bonds. The van der Waals surface area contributed by atoms with Gasteiger partial charge in [0.2, 0.25) is 0 Å². The number of aliphatic hydroxyl groups excluding tert-OH is 1. The van der Waals surface area contributed by atoms with Gasteiger partial charge < -0.3 is 10.4 Å². The second kappa shape index (κ2) is 7.98. The largest absolute Gasteiger partial charge is 0.384 e. The molecule has 104 valence electrons. The fraction of sp³-hybridized carbons (Fsp3) is 0.533. The number of hydrogen-bond donors (Lipinski definition) is 2. The van der Waals surface area contributed by atoms with E-state index in [0.717, 1.165) is 17.7 Å². The van der Waals surface area contributed by atoms with Gasteiger partial charge in [0.15, 0.2) is 0 Å². The standard InChI is InChI=1S/C15H21NO2S/c1-4-12(5-2)11(3)16-15(18)14-9-8-13(19-14)7-6-10-17/h8-9,11-12,17H,4-5,10H2,1-3H3,(H,16,18). The third kappa shape index (κ3) is 4.70. The predicted molar refractivity (Wildman–Crippen MR) is 79.3 cm³/mol. The maximum absolute atomic E-state index is 12.1. The molecule has 0 fully saturated rings. The lowest BCUT2D eigenvalue weighted by molar-refractivity contribution is 0.0929. The highest BCUT2D eigenvalue weighted by Gasteiger charge is 2.17. The van der Waals surface area contributed by atoms with Crippen molar-refractivity contribution >= 4 is 17.2 Å². The minimum atomic E-state index is -0.162. The van der Waals surface area contributed by atoms with E-state index < -0.39 is 0 Å². The van der Waals surface area contributed by atoms with Gasteiger partial charge in [-0.25, -0.2) is 0 Å². The Bertz CT molecular complexity index is 466. The number of carbonyl (C=O) groups is 1. The molecule has 0 bridgehead atoms. The van der Waals surface area contributed by atoms with E-state index in [4.69, 9.17) is 5.11 Å². The Morgan fingerprint density at radius 3 is 2.68 bits per heavy atom. The molecule has 1 aromatic heterocycles. The fourth-order valence-electron chi connectivity index (χ4n) is 2.05. The SMILES string of the molecule is CCC(CC)C(C)NC(=O)c1ccc(C#CCO)s1. The van der Waals surface area contributed by atoms with Crippen LogP contribution in [0.25, 0.3) is 0 Å². The lowest BCUT2D eigenvalue weighted by atomic mass is 9.95. The van der Waals surface area contributed by atoms with Crippen LogP contribution < -0.4 is 5.32 Å². The van der Waals surface area contributed by atoms with Crippen LogP contribution in [0.5, 0.6) is 0 Å². The first-order valence-corrected chi connectivity index (χ1v) is 7.44. The Morgan fingerprint density at radius 2 is 2.11 bits per heavy atom. The van der Waals surface area contributed by atoms with Crippen LogP contribution in [-0.2, 0) is 0 Å². The number of hydrogen-bond acceptors (Lipinski definition) is 3. The molecule has 0 aliphatic heterocycles. The zero-order valence-corrected chi connectivity index (χ0v) is 12.5. The van der Waals surface area contributed by atoms with Crippen LogP contribution >= 0.6 is 11.3 Å². The number of carbonyl (C=O) groups excluding carboxylic acids is 1. The minimum Gasteiger partial charge on any atom is -0.384 e. The van der Waals surface area contributed by atoms with Crippen LogP contribution in [0.4, 0.5) is 0 Å². The van der Waals surface area contributed by atoms with Crippen molar-refractivity contribution in [3.8, 4) is 11.8 Å². The van der Waals surface area contributed by atoms with E-state index in [1.54, 1.807) is 6.07 Å². The molecule has 0 radical (unpaired) electrons. The van der Waals surface area contributed by atoms with Crippen molar-refractivity contribution in [3.05, 3.63) is 21.9 Å². The van der Waals surface area contributed by atoms with Gasteiger partial charge >= 0.3 is 0 Å². The van der Waals surface area contributed by atoms with Crippen molar-refractivity contribution in [1.29, 1.82) is 0 Å². The third-order valence-electron chi connectivity index (χ3n) is 3.24. The van der Waals surface area contributed by atoms with Crippen LogP contribution in [0.15, 0.2) is 12.1 Å². The van der Waals surface area contributed by atoms with Crippen molar-refractivity contribution in [2.75, 3.05) is 6.61 Å². The summed E-state index contributed by atoms with van der Waals surface area (Å²) in [5.74, 6) is 5.86. The maximum Gasteiger partial charge on any atom is 0.261 e. The molecule has 0 saturated heterocycles. The van der Waals surface area contributed by atoms with Gasteiger partial charge in [0.05, 0.1) is 9.75 Å². The highest BCUT2D eigenvalue weighted by Crippen LogP contribution is 2.17. The summed E-state index contributed by atoms with van der Waals surface area (Å²) in [7, 11) is 0. The zero-order valence-electron chi connectivity index (χ0n) is 11.7. The topological polar surface area (TPSA) is 49.3 Å². The van der Waals surface area contributed by atoms with Crippen LogP contribution in [0.1, 0.15) is 48.2 Å². The van der Waals surface area contributed by atoms with E-state index >= 15 is 0 Å². The summed E-state index contributed by atoms with van der Waals surface area (Å²) < 4.78 is 0. The van der Waals surface area contributed by atoms with Gasteiger partial charge in [0.25, 0.3) is 5.91 Å². The van der Waals surface area contributed by atoms with Gasteiger partial charge in [0.1, 0.15) is 6.61 Å². The molecular weight excluding hydrogens is 258 g/mol. The smallest absolute Gasteiger partial charge is 0.261 e. The van der Waals surface area contributed by atoms with Gasteiger partial charge in [-0.15, -0.1) is 11.3 Å². The van der Waals surface area contributed by atoms with E-state index in [1.807, 2.05) is 6.07 Å². The average molecular weight is 279 g/mol. The molecule has 1 unspecified atom stereocenters. The first kappa shape index (κ1) is 15.7. The molecule has 0 aliphatic rings. The monoisotopic (exact) mass is 279 g/mol. The van der Waals surface area contributed by atoms with E-state index in [1.165, 1.54) is 11.3 Å². The molecule has 1 rings (SSSR count). The molecule has 19 heavy (non-hydrogen) atoms. The van der Waals surface area contributed by atoms with Gasteiger partial charge in [-0.05, 0) is 25.0 Å². The van der Waals surface area contributed by atoms with Gasteiger partial charge in [0, 0.05) is 6.04 Å². The lowest BCUT2D eigenvalue weighted by Gasteiger charge is -2.22. The molecule has 1 atom stereocenters. The Kier molecular flexibility index (Phi) is 6.61. The van der Waals surface area contributed by atoms with E-state index in [0.29, 0.717) is 10.8 Å². The minimum absolute atomic E-state index is 0.0403. The molecule has 2 N–H and O–H groups in total. The molecular formula is C15H21NO2S. The number of rotatable bonds is 5. The maximum atomic E-state index is 12.1. The van der Waals surface area contributed by atoms with Gasteiger partial charge in [-0.1, -0.05) is 38.5 Å². The number of thiophene rings is 1. The molecule has 3 nitrogen and oxygen atoms in total. The fourth-order valence-corrected chi connectivity index (χ4v) is 2.83. The number of nitrogens with one attached hydrogen (secondary N) is 1. The summed E-state index contributed by atoms with van der Waals surface area (Å²) in [5, 5.41) is 11.7. The molecule has 1 aromatic rings. The van der Waals surface area contributed by atoms with Crippen LogP contribution in [0.2, 0.25) is 0 Å². The van der Waals surface area contributed by atoms with Crippen molar-refractivity contribution in [3.63, 3.8) is 0 Å². The van der Waals surface area contributed by atoms with Crippen LogP contribution in [0, 0.1) is 17.8 Å². The Balaban J connectivity index is 2.65. The first-order chi connectivity index (χ1) is 9.12. The average Bonchev–Trinajstić information content (AvgIpc) is 2.86. The second-order valence-electron chi connectivity index (χ2n) is 4.46. The summed E-state index contributed by atoms with van der Waals surface area (Å²) in [4.78, 5) is 13.5. The Labute approximate surface area is 119 Å². The third-order valence-corrected chi connectivity index (χ3v) is 4.23. The molecule has 1 heterocycles. The normalized spacial score (nSPS) is 11.8. The van der Waals surface area contributed by atoms with E-state index in [2.05, 4.69) is 37.9 Å². The summed E-state index contributed by atoms with van der Waals surface area (Å²) >= 11 is 1.35. The quantitative estimate of drug-likeness (QED) is 0.814. The second-order valence-corrected chi connectivity index (χ2v) is 5.55. The van der Waals surface area contributed by atoms with Crippen LogP contribution in [0.3, 0.4) is 0 Å². The zero-order chi connectivity index (χ0) is 14.3. The molecule has 0 aromatic carbocycles. The molecule has 4 heteroatoms. The predicted octanol–water partition coefficient (Wildman–Crippen LogP) is 2.65. The lowest BCUT2D eigenvalue weighted by Crippen LogP contribution is -2.37. The Hall–Kier alpha value is -1.31. The van der Waals surface area contributed by atoms with Crippen LogP contribution in [-0.4, -0.2) is 23.7 Å².